The number of anilines is 2. The Kier molecular flexibility index (Phi) is 8.79. The number of hydrazine groups is 1. The highest BCUT2D eigenvalue weighted by Gasteiger charge is 2.35. The third-order valence-electron chi connectivity index (χ3n) is 6.10. The maximum Gasteiger partial charge on any atom is 0.243 e. The zero-order chi connectivity index (χ0) is 26.4. The fourth-order valence-corrected chi connectivity index (χ4v) is 4.36. The molecule has 2 N–H and O–H groups in total. The first-order valence-corrected chi connectivity index (χ1v) is 12.9. The van der Waals surface area contributed by atoms with Crippen LogP contribution in [0, 0.1) is 5.92 Å². The average Bonchev–Trinajstić information content (AvgIpc) is 3.30. The Morgan fingerprint density at radius 3 is 2.41 bits per heavy atom. The number of hydrogen-bond acceptors (Lipinski definition) is 5. The largest absolute Gasteiger partial charge is 0.490 e. The summed E-state index contributed by atoms with van der Waals surface area (Å²) < 4.78 is 11.7. The molecule has 37 heavy (non-hydrogen) atoms. The van der Waals surface area contributed by atoms with Crippen molar-refractivity contribution in [3.8, 4) is 11.5 Å². The highest BCUT2D eigenvalue weighted by Crippen LogP contribution is 2.32. The molecular weight excluding hydrogens is 513 g/mol. The summed E-state index contributed by atoms with van der Waals surface area (Å²) in [7, 11) is 0. The molecule has 7 nitrogen and oxygen atoms in total. The molecule has 2 amide bonds. The zero-order valence-corrected chi connectivity index (χ0v) is 22.2. The van der Waals surface area contributed by atoms with Crippen molar-refractivity contribution in [1.29, 1.82) is 0 Å². The molecule has 0 unspecified atom stereocenters. The number of halogens is 2. The number of hydrogen-bond donors (Lipinski definition) is 2. The minimum Gasteiger partial charge on any atom is -0.490 e. The third kappa shape index (κ3) is 6.67. The van der Waals surface area contributed by atoms with Gasteiger partial charge < -0.3 is 14.4 Å². The summed E-state index contributed by atoms with van der Waals surface area (Å²) in [5.74, 6) is 0.312. The van der Waals surface area contributed by atoms with Crippen molar-refractivity contribution in [2.75, 3.05) is 23.5 Å². The van der Waals surface area contributed by atoms with E-state index in [1.807, 2.05) is 37.3 Å². The van der Waals surface area contributed by atoms with Gasteiger partial charge in [-0.1, -0.05) is 48.3 Å². The monoisotopic (exact) mass is 541 g/mol. The Morgan fingerprint density at radius 2 is 1.70 bits per heavy atom. The van der Waals surface area contributed by atoms with Gasteiger partial charge in [-0.05, 0) is 60.9 Å². The summed E-state index contributed by atoms with van der Waals surface area (Å²) in [6.07, 6.45) is 1.09. The molecule has 9 heteroatoms. The molecule has 194 valence electrons. The van der Waals surface area contributed by atoms with Crippen LogP contribution in [-0.2, 0) is 22.6 Å². The van der Waals surface area contributed by atoms with E-state index in [-0.39, 0.29) is 24.8 Å². The number of rotatable bonds is 10. The van der Waals surface area contributed by atoms with Gasteiger partial charge in [0, 0.05) is 24.7 Å². The molecule has 0 aromatic heterocycles. The van der Waals surface area contributed by atoms with Gasteiger partial charge in [0.05, 0.1) is 28.3 Å². The van der Waals surface area contributed by atoms with Crippen LogP contribution in [0.4, 0.5) is 11.4 Å². The van der Waals surface area contributed by atoms with Gasteiger partial charge >= 0.3 is 0 Å². The molecule has 1 saturated heterocycles. The van der Waals surface area contributed by atoms with Gasteiger partial charge in [0.1, 0.15) is 6.61 Å². The maximum absolute atomic E-state index is 12.8. The first-order chi connectivity index (χ1) is 17.9. The number of carbonyl (C=O) groups is 2. The number of nitrogens with zero attached hydrogens (tertiary/aromatic N) is 1. The molecule has 0 aliphatic carbocycles. The lowest BCUT2D eigenvalue weighted by molar-refractivity contribution is -0.125. The summed E-state index contributed by atoms with van der Waals surface area (Å²) in [6, 6.07) is 18.5. The van der Waals surface area contributed by atoms with Crippen LogP contribution in [0.3, 0.4) is 0 Å². The van der Waals surface area contributed by atoms with E-state index in [0.29, 0.717) is 40.4 Å². The van der Waals surface area contributed by atoms with Crippen LogP contribution in [0.15, 0.2) is 60.7 Å². The lowest BCUT2D eigenvalue weighted by Gasteiger charge is -2.18. The molecule has 4 rings (SSSR count). The van der Waals surface area contributed by atoms with Crippen LogP contribution in [0.1, 0.15) is 31.4 Å². The predicted octanol–water partition coefficient (Wildman–Crippen LogP) is 6.03. The van der Waals surface area contributed by atoms with Crippen molar-refractivity contribution in [3.05, 3.63) is 81.8 Å². The molecule has 0 radical (unpaired) electrons. The second-order valence-electron chi connectivity index (χ2n) is 8.67. The first kappa shape index (κ1) is 26.6. The van der Waals surface area contributed by atoms with Gasteiger partial charge in [-0.2, -0.15) is 0 Å². The van der Waals surface area contributed by atoms with E-state index in [1.54, 1.807) is 35.2 Å². The van der Waals surface area contributed by atoms with E-state index in [1.165, 1.54) is 5.56 Å². The molecule has 1 aliphatic heterocycles. The van der Waals surface area contributed by atoms with Crippen LogP contribution in [-0.4, -0.2) is 25.0 Å². The fourth-order valence-electron chi connectivity index (χ4n) is 4.04. The third-order valence-corrected chi connectivity index (χ3v) is 6.84. The predicted molar refractivity (Wildman–Crippen MR) is 146 cm³/mol. The standard InChI is InChI=1S/C28H29Cl2N3O4/c1-3-18-5-9-22(10-6-18)33-16-20(14-27(33)34)28(35)32-31-21-8-12-25(26(15-21)36-4-2)37-17-19-7-11-23(29)24(30)13-19/h5-13,15,20,31H,3-4,14,16-17H2,1-2H3,(H,32,35)/t20-/m1/s1. The number of carbonyl (C=O) groups excluding carboxylic acids is 2. The Hall–Kier alpha value is -3.42. The Bertz CT molecular complexity index is 1270. The number of ether oxygens (including phenoxy) is 2. The van der Waals surface area contributed by atoms with Crippen LogP contribution in [0.2, 0.25) is 10.0 Å². The molecule has 1 atom stereocenters. The zero-order valence-electron chi connectivity index (χ0n) is 20.7. The smallest absolute Gasteiger partial charge is 0.243 e. The van der Waals surface area contributed by atoms with Gasteiger partial charge in [0.2, 0.25) is 11.8 Å². The Balaban J connectivity index is 1.35. The van der Waals surface area contributed by atoms with Crippen molar-refractivity contribution in [3.63, 3.8) is 0 Å². The molecule has 1 fully saturated rings. The molecule has 1 aliphatic rings. The summed E-state index contributed by atoms with van der Waals surface area (Å²) >= 11 is 12.1. The Morgan fingerprint density at radius 1 is 0.946 bits per heavy atom. The van der Waals surface area contributed by atoms with Crippen LogP contribution >= 0.6 is 23.2 Å². The molecule has 0 bridgehead atoms. The lowest BCUT2D eigenvalue weighted by atomic mass is 10.1. The number of aryl methyl sites for hydroxylation is 1. The lowest BCUT2D eigenvalue weighted by Crippen LogP contribution is -2.36. The van der Waals surface area contributed by atoms with Crippen molar-refractivity contribution >= 4 is 46.4 Å². The van der Waals surface area contributed by atoms with E-state index in [4.69, 9.17) is 32.7 Å². The van der Waals surface area contributed by atoms with E-state index in [0.717, 1.165) is 17.7 Å². The van der Waals surface area contributed by atoms with E-state index < -0.39 is 5.92 Å². The fraction of sp³-hybridized carbons (Fsp3) is 0.286. The minimum atomic E-state index is -0.453. The summed E-state index contributed by atoms with van der Waals surface area (Å²) in [5, 5.41) is 0.947. The molecule has 3 aromatic carbocycles. The van der Waals surface area contributed by atoms with Crippen LogP contribution < -0.4 is 25.2 Å². The quantitative estimate of drug-likeness (QED) is 0.306. The summed E-state index contributed by atoms with van der Waals surface area (Å²) in [4.78, 5) is 27.0. The van der Waals surface area contributed by atoms with Gasteiger partial charge in [0.25, 0.3) is 0 Å². The average molecular weight is 542 g/mol. The highest BCUT2D eigenvalue weighted by molar-refractivity contribution is 6.42. The van der Waals surface area contributed by atoms with Crippen LogP contribution in [0.25, 0.3) is 0 Å². The molecule has 1 heterocycles. The van der Waals surface area contributed by atoms with Gasteiger partial charge in [-0.3, -0.25) is 20.4 Å². The number of benzene rings is 3. The highest BCUT2D eigenvalue weighted by atomic mass is 35.5. The second-order valence-corrected chi connectivity index (χ2v) is 9.49. The second kappa shape index (κ2) is 12.2. The van der Waals surface area contributed by atoms with E-state index in [9.17, 15) is 9.59 Å². The molecule has 0 saturated carbocycles. The normalized spacial score (nSPS) is 15.0. The van der Waals surface area contributed by atoms with Crippen molar-refractivity contribution < 1.29 is 19.1 Å². The van der Waals surface area contributed by atoms with Gasteiger partial charge in [-0.15, -0.1) is 0 Å². The van der Waals surface area contributed by atoms with Gasteiger partial charge in [-0.25, -0.2) is 0 Å². The Labute approximate surface area is 226 Å². The summed E-state index contributed by atoms with van der Waals surface area (Å²) in [6.45, 7) is 5.03. The van der Waals surface area contributed by atoms with Crippen LogP contribution in [0.5, 0.6) is 11.5 Å². The minimum absolute atomic E-state index is 0.0634. The SMILES string of the molecule is CCOc1cc(NNC(=O)[C@@H]2CC(=O)N(c3ccc(CC)cc3)C2)ccc1OCc1ccc(Cl)c(Cl)c1. The molecule has 3 aromatic rings. The first-order valence-electron chi connectivity index (χ1n) is 12.2. The molecule has 0 spiro atoms. The van der Waals surface area contributed by atoms with Crippen molar-refractivity contribution in [2.24, 2.45) is 5.92 Å². The summed E-state index contributed by atoms with van der Waals surface area (Å²) in [5.41, 5.74) is 9.14. The van der Waals surface area contributed by atoms with E-state index in [2.05, 4.69) is 17.8 Å². The van der Waals surface area contributed by atoms with Crippen molar-refractivity contribution in [1.82, 2.24) is 5.43 Å². The topological polar surface area (TPSA) is 79.9 Å². The van der Waals surface area contributed by atoms with E-state index >= 15 is 0 Å². The van der Waals surface area contributed by atoms with Gasteiger partial charge in [0.15, 0.2) is 11.5 Å². The molecular formula is C28H29Cl2N3O4. The number of nitrogens with one attached hydrogen (secondary N) is 2. The number of amides is 2. The van der Waals surface area contributed by atoms with Crippen molar-refractivity contribution in [2.45, 2.75) is 33.3 Å². The maximum atomic E-state index is 12.8.